The Morgan fingerprint density at radius 2 is 1.91 bits per heavy atom. The van der Waals surface area contributed by atoms with Gasteiger partial charge in [0.25, 0.3) is 5.56 Å². The quantitative estimate of drug-likeness (QED) is 0.805. The van der Waals surface area contributed by atoms with Crippen molar-refractivity contribution in [2.24, 2.45) is 0 Å². The first-order valence-corrected chi connectivity index (χ1v) is 7.36. The minimum Gasteiger partial charge on any atom is -0.478 e. The van der Waals surface area contributed by atoms with Crippen molar-refractivity contribution in [2.45, 2.75) is 32.2 Å². The third-order valence-electron chi connectivity index (χ3n) is 4.03. The predicted octanol–water partition coefficient (Wildman–Crippen LogP) is 1.93. The zero-order valence-electron chi connectivity index (χ0n) is 12.8. The number of aromatic amines is 1. The average Bonchev–Trinajstić information content (AvgIpc) is 2.83. The SMILES string of the molecule is CC(C)n1[nH]c(=O)c2c1NC(=O)C[C@@H]2c1ccc(C(=O)O)cc1. The Morgan fingerprint density at radius 3 is 2.48 bits per heavy atom. The van der Waals surface area contributed by atoms with Gasteiger partial charge in [0.2, 0.25) is 5.91 Å². The second-order valence-corrected chi connectivity index (χ2v) is 5.90. The normalized spacial score (nSPS) is 17.0. The topological polar surface area (TPSA) is 104 Å². The number of aromatic carboxylic acids is 1. The Morgan fingerprint density at radius 1 is 1.26 bits per heavy atom. The van der Waals surface area contributed by atoms with Crippen LogP contribution in [0, 0.1) is 0 Å². The van der Waals surface area contributed by atoms with Crippen molar-refractivity contribution in [1.82, 2.24) is 9.78 Å². The number of hydrogen-bond donors (Lipinski definition) is 3. The van der Waals surface area contributed by atoms with E-state index in [1.54, 1.807) is 16.8 Å². The number of carbonyl (C=O) groups is 2. The van der Waals surface area contributed by atoms with Crippen LogP contribution in [-0.4, -0.2) is 26.8 Å². The maximum Gasteiger partial charge on any atom is 0.335 e. The number of H-pyrrole nitrogens is 1. The molecule has 120 valence electrons. The Labute approximate surface area is 131 Å². The van der Waals surface area contributed by atoms with Gasteiger partial charge < -0.3 is 10.4 Å². The number of anilines is 1. The van der Waals surface area contributed by atoms with Gasteiger partial charge in [0, 0.05) is 18.4 Å². The molecule has 3 rings (SSSR count). The van der Waals surface area contributed by atoms with Gasteiger partial charge in [0.15, 0.2) is 0 Å². The summed E-state index contributed by atoms with van der Waals surface area (Å²) in [6, 6.07) is 6.28. The van der Waals surface area contributed by atoms with Crippen LogP contribution in [0.25, 0.3) is 0 Å². The van der Waals surface area contributed by atoms with Crippen LogP contribution in [0.2, 0.25) is 0 Å². The highest BCUT2D eigenvalue weighted by molar-refractivity contribution is 5.94. The first-order valence-electron chi connectivity index (χ1n) is 7.36. The van der Waals surface area contributed by atoms with Gasteiger partial charge in [-0.2, -0.15) is 0 Å². The van der Waals surface area contributed by atoms with Crippen LogP contribution in [0.3, 0.4) is 0 Å². The second kappa shape index (κ2) is 5.42. The van der Waals surface area contributed by atoms with Crippen LogP contribution in [-0.2, 0) is 4.79 Å². The van der Waals surface area contributed by atoms with Crippen molar-refractivity contribution >= 4 is 17.7 Å². The fourth-order valence-corrected chi connectivity index (χ4v) is 2.91. The monoisotopic (exact) mass is 315 g/mol. The molecule has 2 heterocycles. The highest BCUT2D eigenvalue weighted by Gasteiger charge is 2.33. The number of fused-ring (bicyclic) bond motifs is 1. The van der Waals surface area contributed by atoms with Crippen molar-refractivity contribution in [3.05, 3.63) is 51.3 Å². The summed E-state index contributed by atoms with van der Waals surface area (Å²) in [6.07, 6.45) is 0.157. The minimum atomic E-state index is -1.01. The number of carbonyl (C=O) groups excluding carboxylic acids is 1. The minimum absolute atomic E-state index is 0.000105. The maximum absolute atomic E-state index is 12.3. The highest BCUT2D eigenvalue weighted by Crippen LogP contribution is 2.35. The van der Waals surface area contributed by atoms with Gasteiger partial charge in [0.1, 0.15) is 5.82 Å². The third kappa shape index (κ3) is 2.54. The Hall–Kier alpha value is -2.83. The fourth-order valence-electron chi connectivity index (χ4n) is 2.91. The van der Waals surface area contributed by atoms with Gasteiger partial charge in [-0.3, -0.25) is 19.4 Å². The van der Waals surface area contributed by atoms with E-state index < -0.39 is 5.97 Å². The molecule has 0 bridgehead atoms. The molecule has 0 saturated heterocycles. The van der Waals surface area contributed by atoms with Gasteiger partial charge in [-0.05, 0) is 31.5 Å². The molecule has 0 fully saturated rings. The molecule has 1 aromatic carbocycles. The lowest BCUT2D eigenvalue weighted by Crippen LogP contribution is -2.27. The van der Waals surface area contributed by atoms with Gasteiger partial charge in [-0.25, -0.2) is 4.79 Å². The molecule has 7 nitrogen and oxygen atoms in total. The van der Waals surface area contributed by atoms with Crippen molar-refractivity contribution in [2.75, 3.05) is 5.32 Å². The van der Waals surface area contributed by atoms with Crippen LogP contribution in [0.4, 0.5) is 5.82 Å². The molecule has 0 aliphatic carbocycles. The number of aromatic nitrogens is 2. The van der Waals surface area contributed by atoms with E-state index in [1.807, 2.05) is 13.8 Å². The van der Waals surface area contributed by atoms with Crippen molar-refractivity contribution in [3.63, 3.8) is 0 Å². The molecule has 1 atom stereocenters. The Bertz CT molecular complexity index is 830. The van der Waals surface area contributed by atoms with E-state index in [-0.39, 0.29) is 35.4 Å². The van der Waals surface area contributed by atoms with E-state index in [9.17, 15) is 14.4 Å². The lowest BCUT2D eigenvalue weighted by Gasteiger charge is -2.24. The fraction of sp³-hybridized carbons (Fsp3) is 0.312. The summed E-state index contributed by atoms with van der Waals surface area (Å²) >= 11 is 0. The van der Waals surface area contributed by atoms with Crippen LogP contribution < -0.4 is 10.9 Å². The Balaban J connectivity index is 2.10. The molecule has 1 aliphatic heterocycles. The summed E-state index contributed by atoms with van der Waals surface area (Å²) in [5.74, 6) is -1.07. The maximum atomic E-state index is 12.3. The second-order valence-electron chi connectivity index (χ2n) is 5.90. The molecule has 1 aliphatic rings. The van der Waals surface area contributed by atoms with E-state index in [0.29, 0.717) is 11.4 Å². The first kappa shape index (κ1) is 15.1. The van der Waals surface area contributed by atoms with Crippen LogP contribution >= 0.6 is 0 Å². The lowest BCUT2D eigenvalue weighted by atomic mass is 9.87. The largest absolute Gasteiger partial charge is 0.478 e. The number of benzene rings is 1. The molecule has 7 heteroatoms. The van der Waals surface area contributed by atoms with Crippen molar-refractivity contribution in [3.8, 4) is 0 Å². The number of rotatable bonds is 3. The zero-order chi connectivity index (χ0) is 16.7. The number of hydrogen-bond acceptors (Lipinski definition) is 3. The van der Waals surface area contributed by atoms with E-state index in [0.717, 1.165) is 5.56 Å². The van der Waals surface area contributed by atoms with E-state index >= 15 is 0 Å². The molecule has 0 unspecified atom stereocenters. The molecule has 1 amide bonds. The molecule has 2 aromatic rings. The number of nitrogens with zero attached hydrogens (tertiary/aromatic N) is 1. The molecular weight excluding hydrogens is 298 g/mol. The lowest BCUT2D eigenvalue weighted by molar-refractivity contribution is -0.116. The van der Waals surface area contributed by atoms with E-state index in [2.05, 4.69) is 10.4 Å². The summed E-state index contributed by atoms with van der Waals surface area (Å²) in [5, 5.41) is 14.5. The van der Waals surface area contributed by atoms with Crippen molar-refractivity contribution < 1.29 is 14.7 Å². The molecular formula is C16H17N3O4. The van der Waals surface area contributed by atoms with Crippen LogP contribution in [0.1, 0.15) is 53.7 Å². The molecule has 0 radical (unpaired) electrons. The third-order valence-corrected chi connectivity index (χ3v) is 4.03. The van der Waals surface area contributed by atoms with Gasteiger partial charge in [0.05, 0.1) is 11.1 Å². The first-order chi connectivity index (χ1) is 10.9. The number of nitrogens with one attached hydrogen (secondary N) is 2. The van der Waals surface area contributed by atoms with Crippen LogP contribution in [0.5, 0.6) is 0 Å². The van der Waals surface area contributed by atoms with E-state index in [4.69, 9.17) is 5.11 Å². The zero-order valence-corrected chi connectivity index (χ0v) is 12.8. The smallest absolute Gasteiger partial charge is 0.335 e. The summed E-state index contributed by atoms with van der Waals surface area (Å²) in [7, 11) is 0. The Kier molecular flexibility index (Phi) is 3.55. The molecule has 0 spiro atoms. The van der Waals surface area contributed by atoms with Gasteiger partial charge in [-0.1, -0.05) is 12.1 Å². The van der Waals surface area contributed by atoms with Crippen molar-refractivity contribution in [1.29, 1.82) is 0 Å². The summed E-state index contributed by atoms with van der Waals surface area (Å²) in [5.41, 5.74) is 1.20. The molecule has 0 saturated carbocycles. The standard InChI is InChI=1S/C16H17N3O4/c1-8(2)19-14-13(15(21)18-19)11(7-12(20)17-14)9-3-5-10(6-4-9)16(22)23/h3-6,8,11H,7H2,1-2H3,(H,17,20)(H,18,21)(H,22,23)/t11-/m1/s1. The summed E-state index contributed by atoms with van der Waals surface area (Å²) in [4.78, 5) is 35.3. The number of carboxylic acid groups (broad SMARTS) is 1. The van der Waals surface area contributed by atoms with Gasteiger partial charge in [-0.15, -0.1) is 0 Å². The van der Waals surface area contributed by atoms with Crippen LogP contribution in [0.15, 0.2) is 29.1 Å². The molecule has 3 N–H and O–H groups in total. The number of amides is 1. The summed E-state index contributed by atoms with van der Waals surface area (Å²) < 4.78 is 1.65. The summed E-state index contributed by atoms with van der Waals surface area (Å²) in [6.45, 7) is 3.82. The van der Waals surface area contributed by atoms with E-state index in [1.165, 1.54) is 12.1 Å². The highest BCUT2D eigenvalue weighted by atomic mass is 16.4. The molecule has 1 aromatic heterocycles. The average molecular weight is 315 g/mol. The predicted molar refractivity (Wildman–Crippen MR) is 83.9 cm³/mol. The van der Waals surface area contributed by atoms with Gasteiger partial charge >= 0.3 is 5.97 Å². The number of carboxylic acids is 1. The molecule has 23 heavy (non-hydrogen) atoms.